The molecule has 2 aromatic carbocycles. The predicted octanol–water partition coefficient (Wildman–Crippen LogP) is 3.80. The Labute approximate surface area is 119 Å². The number of ether oxygens (including phenoxy) is 2. The number of aryl methyl sites for hydroxylation is 2. The smallest absolute Gasteiger partial charge is 0.153 e. The van der Waals surface area contributed by atoms with Gasteiger partial charge in [-0.2, -0.15) is 0 Å². The summed E-state index contributed by atoms with van der Waals surface area (Å²) in [5.74, 6) is 1.39. The maximum absolute atomic E-state index is 11.2. The topological polar surface area (TPSA) is 35.5 Å². The zero-order valence-electron chi connectivity index (χ0n) is 12.2. The fourth-order valence-corrected chi connectivity index (χ4v) is 2.44. The molecule has 0 aliphatic rings. The zero-order valence-corrected chi connectivity index (χ0v) is 12.2. The zero-order chi connectivity index (χ0) is 14.7. The number of rotatable bonds is 4. The second-order valence-electron chi connectivity index (χ2n) is 4.73. The Bertz CT molecular complexity index is 645. The van der Waals surface area contributed by atoms with Crippen molar-refractivity contribution in [3.8, 4) is 22.6 Å². The maximum atomic E-state index is 11.2. The molecule has 0 N–H and O–H groups in total. The van der Waals surface area contributed by atoms with Gasteiger partial charge in [-0.05, 0) is 48.7 Å². The number of aldehydes is 1. The van der Waals surface area contributed by atoms with Crippen LogP contribution in [-0.4, -0.2) is 20.5 Å². The molecule has 0 atom stereocenters. The molecule has 3 nitrogen and oxygen atoms in total. The van der Waals surface area contributed by atoms with Crippen LogP contribution < -0.4 is 9.47 Å². The Kier molecular flexibility index (Phi) is 4.08. The van der Waals surface area contributed by atoms with Gasteiger partial charge in [-0.3, -0.25) is 4.79 Å². The molecule has 0 radical (unpaired) electrons. The molecule has 0 aromatic heterocycles. The van der Waals surface area contributed by atoms with Crippen LogP contribution >= 0.6 is 0 Å². The van der Waals surface area contributed by atoms with Crippen molar-refractivity contribution < 1.29 is 14.3 Å². The fraction of sp³-hybridized carbons (Fsp3) is 0.235. The van der Waals surface area contributed by atoms with E-state index in [1.165, 1.54) is 0 Å². The minimum atomic E-state index is 0.534. The summed E-state index contributed by atoms with van der Waals surface area (Å²) >= 11 is 0. The number of hydrogen-bond donors (Lipinski definition) is 0. The molecule has 0 saturated heterocycles. The monoisotopic (exact) mass is 270 g/mol. The molecular formula is C17H18O3. The van der Waals surface area contributed by atoms with Gasteiger partial charge in [0.2, 0.25) is 0 Å². The molecule has 0 heterocycles. The average molecular weight is 270 g/mol. The van der Waals surface area contributed by atoms with Crippen molar-refractivity contribution in [2.75, 3.05) is 14.2 Å². The van der Waals surface area contributed by atoms with Crippen LogP contribution in [-0.2, 0) is 0 Å². The summed E-state index contributed by atoms with van der Waals surface area (Å²) in [6, 6.07) is 9.66. The standard InChI is InChI=1S/C17H18O3/c1-11-7-12(2)17(16(8-11)20-4)13-5-6-15(19-3)14(9-13)10-18/h5-10H,1-4H3. The van der Waals surface area contributed by atoms with Crippen LogP contribution in [0.25, 0.3) is 11.1 Å². The van der Waals surface area contributed by atoms with Gasteiger partial charge in [0.15, 0.2) is 6.29 Å². The van der Waals surface area contributed by atoms with Crippen molar-refractivity contribution >= 4 is 6.29 Å². The highest BCUT2D eigenvalue weighted by Crippen LogP contribution is 2.36. The lowest BCUT2D eigenvalue weighted by Crippen LogP contribution is -1.95. The maximum Gasteiger partial charge on any atom is 0.153 e. The first kappa shape index (κ1) is 14.1. The van der Waals surface area contributed by atoms with Crippen LogP contribution in [0.3, 0.4) is 0 Å². The average Bonchev–Trinajstić information content (AvgIpc) is 2.45. The van der Waals surface area contributed by atoms with Crippen molar-refractivity contribution in [1.82, 2.24) is 0 Å². The third kappa shape index (κ3) is 2.52. The number of carbonyl (C=O) groups excluding carboxylic acids is 1. The summed E-state index contributed by atoms with van der Waals surface area (Å²) in [5.41, 5.74) is 4.74. The van der Waals surface area contributed by atoms with Gasteiger partial charge in [0.05, 0.1) is 19.8 Å². The van der Waals surface area contributed by atoms with E-state index in [9.17, 15) is 4.79 Å². The van der Waals surface area contributed by atoms with E-state index >= 15 is 0 Å². The molecule has 2 aromatic rings. The highest BCUT2D eigenvalue weighted by atomic mass is 16.5. The molecule has 0 aliphatic carbocycles. The summed E-state index contributed by atoms with van der Waals surface area (Å²) in [6.45, 7) is 4.07. The third-order valence-electron chi connectivity index (χ3n) is 3.31. The molecule has 0 unspecified atom stereocenters. The van der Waals surface area contributed by atoms with Crippen LogP contribution in [0.1, 0.15) is 21.5 Å². The lowest BCUT2D eigenvalue weighted by molar-refractivity contribution is 0.112. The van der Waals surface area contributed by atoms with Gasteiger partial charge in [-0.15, -0.1) is 0 Å². The van der Waals surface area contributed by atoms with Crippen LogP contribution in [0.15, 0.2) is 30.3 Å². The van der Waals surface area contributed by atoms with Crippen LogP contribution in [0, 0.1) is 13.8 Å². The van der Waals surface area contributed by atoms with Crippen LogP contribution in [0.5, 0.6) is 11.5 Å². The molecule has 20 heavy (non-hydrogen) atoms. The van der Waals surface area contributed by atoms with Gasteiger partial charge < -0.3 is 9.47 Å². The number of methoxy groups -OCH3 is 2. The molecule has 0 saturated carbocycles. The van der Waals surface area contributed by atoms with Gasteiger partial charge in [-0.25, -0.2) is 0 Å². The fourth-order valence-electron chi connectivity index (χ4n) is 2.44. The Hall–Kier alpha value is -2.29. The quantitative estimate of drug-likeness (QED) is 0.793. The van der Waals surface area contributed by atoms with E-state index in [4.69, 9.17) is 9.47 Å². The number of carbonyl (C=O) groups is 1. The molecule has 3 heteroatoms. The first-order chi connectivity index (χ1) is 9.60. The summed E-state index contributed by atoms with van der Waals surface area (Å²) < 4.78 is 10.6. The predicted molar refractivity (Wildman–Crippen MR) is 79.8 cm³/mol. The van der Waals surface area contributed by atoms with Crippen LogP contribution in [0.2, 0.25) is 0 Å². The van der Waals surface area contributed by atoms with E-state index in [2.05, 4.69) is 6.07 Å². The van der Waals surface area contributed by atoms with Crippen molar-refractivity contribution in [3.05, 3.63) is 47.0 Å². The van der Waals surface area contributed by atoms with E-state index in [1.54, 1.807) is 20.3 Å². The van der Waals surface area contributed by atoms with Crippen molar-refractivity contribution in [3.63, 3.8) is 0 Å². The lowest BCUT2D eigenvalue weighted by Gasteiger charge is -2.14. The SMILES string of the molecule is COc1ccc(-c2c(C)cc(C)cc2OC)cc1C=O. The Balaban J connectivity index is 2.65. The van der Waals surface area contributed by atoms with E-state index in [0.29, 0.717) is 11.3 Å². The van der Waals surface area contributed by atoms with Crippen molar-refractivity contribution in [2.45, 2.75) is 13.8 Å². The third-order valence-corrected chi connectivity index (χ3v) is 3.31. The summed E-state index contributed by atoms with van der Waals surface area (Å²) in [5, 5.41) is 0. The van der Waals surface area contributed by atoms with E-state index in [-0.39, 0.29) is 0 Å². The second-order valence-corrected chi connectivity index (χ2v) is 4.73. The number of hydrogen-bond acceptors (Lipinski definition) is 3. The molecule has 0 fully saturated rings. The van der Waals surface area contributed by atoms with Crippen LogP contribution in [0.4, 0.5) is 0 Å². The Morgan fingerprint density at radius 3 is 2.25 bits per heavy atom. The first-order valence-corrected chi connectivity index (χ1v) is 6.39. The molecule has 0 bridgehead atoms. The molecular weight excluding hydrogens is 252 g/mol. The number of benzene rings is 2. The van der Waals surface area contributed by atoms with E-state index in [0.717, 1.165) is 34.3 Å². The Morgan fingerprint density at radius 1 is 0.950 bits per heavy atom. The van der Waals surface area contributed by atoms with Gasteiger partial charge in [0, 0.05) is 5.56 Å². The second kappa shape index (κ2) is 5.78. The molecule has 2 rings (SSSR count). The Morgan fingerprint density at radius 2 is 1.65 bits per heavy atom. The lowest BCUT2D eigenvalue weighted by atomic mass is 9.96. The largest absolute Gasteiger partial charge is 0.496 e. The van der Waals surface area contributed by atoms with Crippen molar-refractivity contribution in [2.24, 2.45) is 0 Å². The highest BCUT2D eigenvalue weighted by molar-refractivity contribution is 5.85. The first-order valence-electron chi connectivity index (χ1n) is 6.39. The van der Waals surface area contributed by atoms with Gasteiger partial charge >= 0.3 is 0 Å². The highest BCUT2D eigenvalue weighted by Gasteiger charge is 2.12. The van der Waals surface area contributed by atoms with Crippen molar-refractivity contribution in [1.29, 1.82) is 0 Å². The van der Waals surface area contributed by atoms with Gasteiger partial charge in [0.25, 0.3) is 0 Å². The summed E-state index contributed by atoms with van der Waals surface area (Å²) in [4.78, 5) is 11.2. The normalized spacial score (nSPS) is 10.2. The summed E-state index contributed by atoms with van der Waals surface area (Å²) in [6.07, 6.45) is 0.804. The molecule has 104 valence electrons. The molecule has 0 amide bonds. The molecule has 0 aliphatic heterocycles. The minimum absolute atomic E-state index is 0.534. The van der Waals surface area contributed by atoms with E-state index < -0.39 is 0 Å². The van der Waals surface area contributed by atoms with Gasteiger partial charge in [-0.1, -0.05) is 12.1 Å². The van der Waals surface area contributed by atoms with E-state index in [1.807, 2.05) is 32.0 Å². The molecule has 0 spiro atoms. The minimum Gasteiger partial charge on any atom is -0.496 e. The van der Waals surface area contributed by atoms with Gasteiger partial charge in [0.1, 0.15) is 11.5 Å². The summed E-state index contributed by atoms with van der Waals surface area (Å²) in [7, 11) is 3.21.